The fourth-order valence-electron chi connectivity index (χ4n) is 1.35. The van der Waals surface area contributed by atoms with Gasteiger partial charge in [0.15, 0.2) is 0 Å². The summed E-state index contributed by atoms with van der Waals surface area (Å²) >= 11 is 0. The molecule has 0 aromatic carbocycles. The molecule has 0 saturated heterocycles. The molecule has 18 heavy (non-hydrogen) atoms. The van der Waals surface area contributed by atoms with E-state index < -0.39 is 21.9 Å². The number of aromatic amines is 1. The van der Waals surface area contributed by atoms with Crippen molar-refractivity contribution in [2.45, 2.75) is 32.9 Å². The maximum Gasteiger partial charge on any atom is 0.350 e. The quantitative estimate of drug-likeness (QED) is 0.574. The molecule has 0 aliphatic rings. The molecule has 1 aromatic rings. The standard InChI is InChI=1S/C10H16N4O4/c1-10(2,3)11-4-5-13-6-7(14(17)18)8(15)12-9(13)16/h6,11H,4-5H2,1-3H3,(H,12,15,16). The van der Waals surface area contributed by atoms with Crippen molar-refractivity contribution in [1.29, 1.82) is 0 Å². The number of aromatic nitrogens is 2. The van der Waals surface area contributed by atoms with Gasteiger partial charge in [-0.15, -0.1) is 0 Å². The second-order valence-corrected chi connectivity index (χ2v) is 4.90. The Kier molecular flexibility index (Phi) is 4.02. The highest BCUT2D eigenvalue weighted by Crippen LogP contribution is 2.00. The average Bonchev–Trinajstić information content (AvgIpc) is 2.18. The molecule has 0 radical (unpaired) electrons. The van der Waals surface area contributed by atoms with Gasteiger partial charge in [-0.3, -0.25) is 24.5 Å². The number of nitrogens with one attached hydrogen (secondary N) is 2. The van der Waals surface area contributed by atoms with Crippen LogP contribution in [0.3, 0.4) is 0 Å². The van der Waals surface area contributed by atoms with Crippen molar-refractivity contribution in [2.24, 2.45) is 0 Å². The van der Waals surface area contributed by atoms with E-state index in [0.29, 0.717) is 6.54 Å². The fraction of sp³-hybridized carbons (Fsp3) is 0.600. The predicted molar refractivity (Wildman–Crippen MR) is 65.7 cm³/mol. The Morgan fingerprint density at radius 2 is 2.06 bits per heavy atom. The highest BCUT2D eigenvalue weighted by Gasteiger charge is 2.15. The normalized spacial score (nSPS) is 11.5. The molecule has 0 fully saturated rings. The highest BCUT2D eigenvalue weighted by molar-refractivity contribution is 5.20. The lowest BCUT2D eigenvalue weighted by molar-refractivity contribution is -0.386. The number of nitro groups is 1. The van der Waals surface area contributed by atoms with Crippen molar-refractivity contribution >= 4 is 5.69 Å². The first kappa shape index (κ1) is 14.1. The Morgan fingerprint density at radius 1 is 1.44 bits per heavy atom. The molecule has 8 heteroatoms. The van der Waals surface area contributed by atoms with Crippen LogP contribution in [0.2, 0.25) is 0 Å². The first-order valence-corrected chi connectivity index (χ1v) is 5.44. The van der Waals surface area contributed by atoms with Crippen molar-refractivity contribution in [3.63, 3.8) is 0 Å². The molecule has 1 aromatic heterocycles. The van der Waals surface area contributed by atoms with Gasteiger partial charge in [-0.25, -0.2) is 4.79 Å². The van der Waals surface area contributed by atoms with E-state index in [-0.39, 0.29) is 12.1 Å². The van der Waals surface area contributed by atoms with Gasteiger partial charge in [0.25, 0.3) is 0 Å². The van der Waals surface area contributed by atoms with Gasteiger partial charge in [-0.2, -0.15) is 0 Å². The SMILES string of the molecule is CC(C)(C)NCCn1cc([N+](=O)[O-])c(=O)[nH]c1=O. The van der Waals surface area contributed by atoms with E-state index in [2.05, 4.69) is 5.32 Å². The topological polar surface area (TPSA) is 110 Å². The van der Waals surface area contributed by atoms with Crippen LogP contribution in [0.15, 0.2) is 15.8 Å². The van der Waals surface area contributed by atoms with Crippen LogP contribution in [0.1, 0.15) is 20.8 Å². The van der Waals surface area contributed by atoms with Gasteiger partial charge in [0.2, 0.25) is 0 Å². The minimum absolute atomic E-state index is 0.113. The van der Waals surface area contributed by atoms with Crippen molar-refractivity contribution in [2.75, 3.05) is 6.54 Å². The van der Waals surface area contributed by atoms with Gasteiger partial charge in [-0.05, 0) is 20.8 Å². The van der Waals surface area contributed by atoms with Crippen molar-refractivity contribution in [1.82, 2.24) is 14.9 Å². The lowest BCUT2D eigenvalue weighted by atomic mass is 10.1. The smallest absolute Gasteiger partial charge is 0.310 e. The summed E-state index contributed by atoms with van der Waals surface area (Å²) in [7, 11) is 0. The molecule has 0 aliphatic carbocycles. The summed E-state index contributed by atoms with van der Waals surface area (Å²) in [6.45, 7) is 6.60. The van der Waals surface area contributed by atoms with Crippen molar-refractivity contribution in [3.8, 4) is 0 Å². The Bertz CT molecular complexity index is 552. The third-order valence-electron chi connectivity index (χ3n) is 2.20. The van der Waals surface area contributed by atoms with Crippen molar-refractivity contribution < 1.29 is 4.92 Å². The van der Waals surface area contributed by atoms with E-state index in [1.165, 1.54) is 0 Å². The zero-order valence-corrected chi connectivity index (χ0v) is 10.5. The molecule has 0 aliphatic heterocycles. The number of nitrogens with zero attached hydrogens (tertiary/aromatic N) is 2. The number of hydrogen-bond donors (Lipinski definition) is 2. The minimum atomic E-state index is -0.981. The zero-order valence-electron chi connectivity index (χ0n) is 10.5. The molecular weight excluding hydrogens is 240 g/mol. The first-order chi connectivity index (χ1) is 8.20. The summed E-state index contributed by atoms with van der Waals surface area (Å²) in [4.78, 5) is 34.2. The Hall–Kier alpha value is -1.96. The van der Waals surface area contributed by atoms with E-state index in [1.54, 1.807) is 0 Å². The molecule has 0 bridgehead atoms. The van der Waals surface area contributed by atoms with E-state index in [9.17, 15) is 19.7 Å². The van der Waals surface area contributed by atoms with Gasteiger partial charge in [-0.1, -0.05) is 0 Å². The lowest BCUT2D eigenvalue weighted by Crippen LogP contribution is -2.40. The predicted octanol–water partition coefficient (Wildman–Crippen LogP) is -0.167. The molecular formula is C10H16N4O4. The summed E-state index contributed by atoms with van der Waals surface area (Å²) in [6.07, 6.45) is 0.964. The zero-order chi connectivity index (χ0) is 13.9. The maximum atomic E-state index is 11.4. The van der Waals surface area contributed by atoms with Gasteiger partial charge in [0, 0.05) is 18.6 Å². The van der Waals surface area contributed by atoms with Gasteiger partial charge in [0.1, 0.15) is 0 Å². The Morgan fingerprint density at radius 3 is 2.56 bits per heavy atom. The third-order valence-corrected chi connectivity index (χ3v) is 2.20. The van der Waals surface area contributed by atoms with E-state index in [0.717, 1.165) is 10.8 Å². The molecule has 8 nitrogen and oxygen atoms in total. The molecule has 2 N–H and O–H groups in total. The molecule has 0 unspecified atom stereocenters. The largest absolute Gasteiger partial charge is 0.350 e. The van der Waals surface area contributed by atoms with Gasteiger partial charge >= 0.3 is 16.9 Å². The molecule has 1 heterocycles. The molecule has 0 amide bonds. The summed E-state index contributed by atoms with van der Waals surface area (Å²) < 4.78 is 1.11. The highest BCUT2D eigenvalue weighted by atomic mass is 16.6. The fourth-order valence-corrected chi connectivity index (χ4v) is 1.35. The van der Waals surface area contributed by atoms with E-state index >= 15 is 0 Å². The van der Waals surface area contributed by atoms with Crippen LogP contribution in [0.25, 0.3) is 0 Å². The maximum absolute atomic E-state index is 11.4. The van der Waals surface area contributed by atoms with Crippen LogP contribution in [-0.4, -0.2) is 26.6 Å². The van der Waals surface area contributed by atoms with Crippen LogP contribution in [0.5, 0.6) is 0 Å². The second kappa shape index (κ2) is 5.13. The third kappa shape index (κ3) is 3.81. The average molecular weight is 256 g/mol. The van der Waals surface area contributed by atoms with Crippen LogP contribution in [0.4, 0.5) is 5.69 Å². The number of hydrogen-bond acceptors (Lipinski definition) is 5. The van der Waals surface area contributed by atoms with E-state index in [1.807, 2.05) is 25.8 Å². The molecule has 0 spiro atoms. The number of H-pyrrole nitrogens is 1. The Labute approximate surface area is 103 Å². The Balaban J connectivity index is 2.90. The minimum Gasteiger partial charge on any atom is -0.310 e. The van der Waals surface area contributed by atoms with E-state index in [4.69, 9.17) is 0 Å². The monoisotopic (exact) mass is 256 g/mol. The van der Waals surface area contributed by atoms with Crippen LogP contribution in [0, 0.1) is 10.1 Å². The van der Waals surface area contributed by atoms with Crippen molar-refractivity contribution in [3.05, 3.63) is 37.1 Å². The number of rotatable bonds is 4. The lowest BCUT2D eigenvalue weighted by Gasteiger charge is -2.20. The molecule has 0 atom stereocenters. The second-order valence-electron chi connectivity index (χ2n) is 4.90. The molecule has 0 saturated carbocycles. The van der Waals surface area contributed by atoms with Crippen LogP contribution >= 0.6 is 0 Å². The summed E-state index contributed by atoms with van der Waals surface area (Å²) in [5.74, 6) is 0. The summed E-state index contributed by atoms with van der Waals surface area (Å²) in [5, 5.41) is 13.7. The summed E-state index contributed by atoms with van der Waals surface area (Å²) in [6, 6.07) is 0. The van der Waals surface area contributed by atoms with Gasteiger partial charge in [0.05, 0.1) is 11.1 Å². The van der Waals surface area contributed by atoms with Crippen LogP contribution < -0.4 is 16.6 Å². The summed E-state index contributed by atoms with van der Waals surface area (Å²) in [5.41, 5.74) is -2.38. The molecule has 1 rings (SSSR count). The van der Waals surface area contributed by atoms with Gasteiger partial charge < -0.3 is 5.32 Å². The van der Waals surface area contributed by atoms with Crippen LogP contribution in [-0.2, 0) is 6.54 Å². The first-order valence-electron chi connectivity index (χ1n) is 5.44. The molecule has 100 valence electrons.